The van der Waals surface area contributed by atoms with Gasteiger partial charge in [0, 0.05) is 29.3 Å². The Morgan fingerprint density at radius 3 is 2.79 bits per heavy atom. The molecule has 0 amide bonds. The summed E-state index contributed by atoms with van der Waals surface area (Å²) in [6, 6.07) is 5.12. The molecule has 0 radical (unpaired) electrons. The van der Waals surface area contributed by atoms with Crippen LogP contribution in [0, 0.1) is 5.82 Å². The number of fused-ring (bicyclic) bond motifs is 2. The van der Waals surface area contributed by atoms with Crippen LogP contribution in [0.3, 0.4) is 0 Å². The second-order valence-corrected chi connectivity index (χ2v) is 7.84. The highest BCUT2D eigenvalue weighted by molar-refractivity contribution is 5.87. The predicted molar refractivity (Wildman–Crippen MR) is 106 cm³/mol. The van der Waals surface area contributed by atoms with Crippen LogP contribution in [0.1, 0.15) is 26.5 Å². The molecule has 29 heavy (non-hydrogen) atoms. The highest BCUT2D eigenvalue weighted by atomic mass is 19.1. The molecule has 0 fully saturated rings. The Hall–Kier alpha value is -3.13. The van der Waals surface area contributed by atoms with E-state index in [1.54, 1.807) is 6.07 Å². The van der Waals surface area contributed by atoms with Crippen molar-refractivity contribution in [2.45, 2.75) is 46.1 Å². The van der Waals surface area contributed by atoms with Gasteiger partial charge in [0.15, 0.2) is 5.65 Å². The first-order valence-electron chi connectivity index (χ1n) is 9.63. The zero-order valence-electron chi connectivity index (χ0n) is 16.6. The van der Waals surface area contributed by atoms with E-state index in [2.05, 4.69) is 21.1 Å². The summed E-state index contributed by atoms with van der Waals surface area (Å²) in [6.45, 7) is 7.93. The quantitative estimate of drug-likeness (QED) is 0.530. The van der Waals surface area contributed by atoms with Gasteiger partial charge in [-0.15, -0.1) is 0 Å². The lowest BCUT2D eigenvalue weighted by molar-refractivity contribution is -0.0657. The van der Waals surface area contributed by atoms with Crippen LogP contribution in [-0.2, 0) is 24.4 Å². The van der Waals surface area contributed by atoms with Crippen molar-refractivity contribution in [3.05, 3.63) is 48.3 Å². The van der Waals surface area contributed by atoms with Crippen molar-refractivity contribution >= 4 is 11.0 Å². The fourth-order valence-electron chi connectivity index (χ4n) is 3.78. The summed E-state index contributed by atoms with van der Waals surface area (Å²) < 4.78 is 23.3. The van der Waals surface area contributed by atoms with E-state index in [0.29, 0.717) is 24.5 Å². The fraction of sp³-hybridized carbons (Fsp3) is 0.333. The predicted octanol–water partition coefficient (Wildman–Crippen LogP) is 3.82. The van der Waals surface area contributed by atoms with Crippen molar-refractivity contribution in [2.75, 3.05) is 0 Å². The molecular formula is C21H21FN6O. The van der Waals surface area contributed by atoms with Crippen LogP contribution >= 0.6 is 0 Å². The Bertz CT molecular complexity index is 1210. The van der Waals surface area contributed by atoms with Crippen molar-refractivity contribution in [2.24, 2.45) is 0 Å². The van der Waals surface area contributed by atoms with Crippen LogP contribution in [0.5, 0.6) is 0 Å². The maximum atomic E-state index is 13.4. The van der Waals surface area contributed by atoms with E-state index in [0.717, 1.165) is 34.4 Å². The molecule has 0 atom stereocenters. The summed E-state index contributed by atoms with van der Waals surface area (Å²) in [4.78, 5) is 8.90. The Morgan fingerprint density at radius 1 is 1.17 bits per heavy atom. The summed E-state index contributed by atoms with van der Waals surface area (Å²) in [5.41, 5.74) is 4.65. The SMILES string of the molecule is CCn1ncc2cc(-c3c(-c4ccc(F)cn4)nn4c3COC(C)(C)C4)cnc21. The molecule has 7 nitrogen and oxygen atoms in total. The second kappa shape index (κ2) is 6.45. The summed E-state index contributed by atoms with van der Waals surface area (Å²) in [7, 11) is 0. The molecule has 1 aliphatic heterocycles. The third kappa shape index (κ3) is 3.00. The minimum atomic E-state index is -0.376. The van der Waals surface area contributed by atoms with Crippen molar-refractivity contribution in [3.63, 3.8) is 0 Å². The van der Waals surface area contributed by atoms with Gasteiger partial charge in [0.2, 0.25) is 0 Å². The molecule has 0 unspecified atom stereocenters. The van der Waals surface area contributed by atoms with Gasteiger partial charge in [0.05, 0.1) is 42.5 Å². The molecule has 0 spiro atoms. The zero-order valence-corrected chi connectivity index (χ0v) is 16.6. The van der Waals surface area contributed by atoms with E-state index in [1.807, 2.05) is 42.5 Å². The lowest BCUT2D eigenvalue weighted by atomic mass is 10.0. The third-order valence-corrected chi connectivity index (χ3v) is 5.22. The van der Waals surface area contributed by atoms with Crippen LogP contribution in [0.2, 0.25) is 0 Å². The molecule has 0 saturated carbocycles. The summed E-state index contributed by atoms with van der Waals surface area (Å²) in [5, 5.41) is 10.2. The fourth-order valence-corrected chi connectivity index (χ4v) is 3.78. The van der Waals surface area contributed by atoms with E-state index < -0.39 is 0 Å². The van der Waals surface area contributed by atoms with E-state index in [-0.39, 0.29) is 11.4 Å². The zero-order chi connectivity index (χ0) is 20.2. The first-order valence-corrected chi connectivity index (χ1v) is 9.63. The van der Waals surface area contributed by atoms with Crippen LogP contribution in [0.25, 0.3) is 33.5 Å². The van der Waals surface area contributed by atoms with E-state index in [4.69, 9.17) is 9.84 Å². The normalized spacial score (nSPS) is 15.6. The van der Waals surface area contributed by atoms with Gasteiger partial charge in [-0.1, -0.05) is 0 Å². The van der Waals surface area contributed by atoms with Crippen molar-refractivity contribution in [1.82, 2.24) is 29.5 Å². The molecule has 0 aromatic carbocycles. The van der Waals surface area contributed by atoms with Gasteiger partial charge in [0.25, 0.3) is 0 Å². The number of ether oxygens (including phenoxy) is 1. The number of rotatable bonds is 3. The standard InChI is InChI=1S/C21H21FN6O/c1-4-27-20-14(9-25-27)7-13(8-24-20)18-17-11-29-21(2,3)12-28(17)26-19(18)16-6-5-15(22)10-23-16/h5-10H,4,11-12H2,1-3H3. The number of hydrogen-bond acceptors (Lipinski definition) is 5. The number of hydrogen-bond donors (Lipinski definition) is 0. The minimum absolute atomic E-state index is 0.311. The van der Waals surface area contributed by atoms with Crippen LogP contribution in [-0.4, -0.2) is 35.1 Å². The lowest BCUT2D eigenvalue weighted by Gasteiger charge is -2.31. The minimum Gasteiger partial charge on any atom is -0.367 e. The molecule has 0 bridgehead atoms. The number of aromatic nitrogens is 6. The number of halogens is 1. The second-order valence-electron chi connectivity index (χ2n) is 7.84. The van der Waals surface area contributed by atoms with Gasteiger partial charge >= 0.3 is 0 Å². The molecule has 5 heterocycles. The molecule has 0 aliphatic carbocycles. The highest BCUT2D eigenvalue weighted by Gasteiger charge is 2.31. The van der Waals surface area contributed by atoms with Gasteiger partial charge < -0.3 is 4.74 Å². The first-order chi connectivity index (χ1) is 13.9. The molecule has 0 N–H and O–H groups in total. The monoisotopic (exact) mass is 392 g/mol. The topological polar surface area (TPSA) is 70.7 Å². The molecule has 1 aliphatic rings. The van der Waals surface area contributed by atoms with E-state index in [1.165, 1.54) is 12.3 Å². The average molecular weight is 392 g/mol. The Morgan fingerprint density at radius 2 is 2.03 bits per heavy atom. The molecule has 5 rings (SSSR count). The van der Waals surface area contributed by atoms with Gasteiger partial charge in [0.1, 0.15) is 11.5 Å². The molecule has 8 heteroatoms. The maximum absolute atomic E-state index is 13.4. The van der Waals surface area contributed by atoms with Crippen molar-refractivity contribution in [3.8, 4) is 22.5 Å². The molecule has 4 aromatic heterocycles. The Labute approximate surface area is 167 Å². The summed E-state index contributed by atoms with van der Waals surface area (Å²) >= 11 is 0. The van der Waals surface area contributed by atoms with Gasteiger partial charge in [-0.25, -0.2) is 14.1 Å². The molecule has 0 saturated heterocycles. The maximum Gasteiger partial charge on any atom is 0.157 e. The van der Waals surface area contributed by atoms with Crippen LogP contribution in [0.15, 0.2) is 36.8 Å². The summed E-state index contributed by atoms with van der Waals surface area (Å²) in [5.74, 6) is -0.376. The smallest absolute Gasteiger partial charge is 0.157 e. The van der Waals surface area contributed by atoms with Gasteiger partial charge in [-0.2, -0.15) is 10.2 Å². The van der Waals surface area contributed by atoms with Crippen molar-refractivity contribution in [1.29, 1.82) is 0 Å². The molecule has 4 aromatic rings. The Balaban J connectivity index is 1.72. The number of pyridine rings is 2. The molecule has 148 valence electrons. The number of aryl methyl sites for hydroxylation is 1. The van der Waals surface area contributed by atoms with Crippen molar-refractivity contribution < 1.29 is 9.13 Å². The van der Waals surface area contributed by atoms with E-state index in [9.17, 15) is 4.39 Å². The average Bonchev–Trinajstić information content (AvgIpc) is 3.27. The first kappa shape index (κ1) is 17.9. The largest absolute Gasteiger partial charge is 0.367 e. The Kier molecular flexibility index (Phi) is 3.99. The molecular weight excluding hydrogens is 371 g/mol. The van der Waals surface area contributed by atoms with E-state index >= 15 is 0 Å². The van der Waals surface area contributed by atoms with Crippen LogP contribution < -0.4 is 0 Å². The van der Waals surface area contributed by atoms with Gasteiger partial charge in [-0.3, -0.25) is 9.67 Å². The summed E-state index contributed by atoms with van der Waals surface area (Å²) in [6.07, 6.45) is 4.87. The lowest BCUT2D eigenvalue weighted by Crippen LogP contribution is -2.36. The number of nitrogens with zero attached hydrogens (tertiary/aromatic N) is 6. The third-order valence-electron chi connectivity index (χ3n) is 5.22. The van der Waals surface area contributed by atoms with Crippen LogP contribution in [0.4, 0.5) is 4.39 Å². The highest BCUT2D eigenvalue weighted by Crippen LogP contribution is 2.38. The van der Waals surface area contributed by atoms with Gasteiger partial charge in [-0.05, 0) is 39.0 Å².